The fraction of sp³-hybridized carbons (Fsp3) is 0.889. The van der Waals surface area contributed by atoms with Crippen LogP contribution in [0.15, 0.2) is 0 Å². The highest BCUT2D eigenvalue weighted by Gasteiger charge is 2.34. The summed E-state index contributed by atoms with van der Waals surface area (Å²) >= 11 is 0. The van der Waals surface area contributed by atoms with Gasteiger partial charge >= 0.3 is 6.03 Å². The third-order valence-electron chi connectivity index (χ3n) is 2.89. The molecular formula is C9H17N3O3. The van der Waals surface area contributed by atoms with E-state index in [-0.39, 0.29) is 31.1 Å². The Labute approximate surface area is 88.4 Å². The van der Waals surface area contributed by atoms with Crippen LogP contribution in [0.4, 0.5) is 4.79 Å². The minimum atomic E-state index is -0.246. The number of nitrogens with two attached hydrogens (primary N) is 1. The average Bonchev–Trinajstić information content (AvgIpc) is 2.66. The zero-order valence-electron chi connectivity index (χ0n) is 8.56. The first-order chi connectivity index (χ1) is 7.20. The second-order valence-electron chi connectivity index (χ2n) is 4.01. The van der Waals surface area contributed by atoms with Crippen molar-refractivity contribution >= 4 is 6.03 Å². The first kappa shape index (κ1) is 10.7. The molecule has 2 heterocycles. The van der Waals surface area contributed by atoms with Crippen LogP contribution in [0, 0.1) is 0 Å². The molecule has 0 aromatic carbocycles. The molecule has 2 saturated heterocycles. The molecule has 0 bridgehead atoms. The maximum Gasteiger partial charge on any atom is 0.320 e. The highest BCUT2D eigenvalue weighted by atomic mass is 16.5. The standard InChI is InChI=1S/C9H17N3O3/c10-7-3-4-12(9(14)11-7)8-2-1-6(5-13)15-8/h6-8,13H,1-5,10H2,(H,11,14)/t6-,7?,8?/m0/s1. The summed E-state index contributed by atoms with van der Waals surface area (Å²) in [4.78, 5) is 13.2. The van der Waals surface area contributed by atoms with Crippen LogP contribution >= 0.6 is 0 Å². The smallest absolute Gasteiger partial charge is 0.320 e. The minimum Gasteiger partial charge on any atom is -0.394 e. The highest BCUT2D eigenvalue weighted by Crippen LogP contribution is 2.23. The van der Waals surface area contributed by atoms with E-state index in [1.54, 1.807) is 4.90 Å². The number of hydrogen-bond acceptors (Lipinski definition) is 4. The monoisotopic (exact) mass is 215 g/mol. The largest absolute Gasteiger partial charge is 0.394 e. The molecule has 2 rings (SSSR count). The third kappa shape index (κ3) is 2.22. The summed E-state index contributed by atoms with van der Waals surface area (Å²) in [5, 5.41) is 11.6. The molecule has 4 N–H and O–H groups in total. The molecule has 0 aromatic rings. The number of rotatable bonds is 2. The van der Waals surface area contributed by atoms with Gasteiger partial charge in [-0.25, -0.2) is 4.79 Å². The molecule has 2 unspecified atom stereocenters. The number of hydrogen-bond donors (Lipinski definition) is 3. The Morgan fingerprint density at radius 1 is 1.53 bits per heavy atom. The molecule has 0 radical (unpaired) electrons. The summed E-state index contributed by atoms with van der Waals surface area (Å²) in [6.07, 6.45) is 1.75. The zero-order chi connectivity index (χ0) is 10.8. The van der Waals surface area contributed by atoms with Gasteiger partial charge in [0.15, 0.2) is 0 Å². The van der Waals surface area contributed by atoms with Crippen molar-refractivity contribution in [2.24, 2.45) is 5.73 Å². The van der Waals surface area contributed by atoms with E-state index in [4.69, 9.17) is 15.6 Å². The lowest BCUT2D eigenvalue weighted by Gasteiger charge is -2.34. The van der Waals surface area contributed by atoms with Gasteiger partial charge in [0.25, 0.3) is 0 Å². The van der Waals surface area contributed by atoms with Crippen molar-refractivity contribution in [1.29, 1.82) is 0 Å². The molecule has 3 atom stereocenters. The lowest BCUT2D eigenvalue weighted by atomic mass is 10.2. The first-order valence-electron chi connectivity index (χ1n) is 5.29. The number of nitrogens with zero attached hydrogens (tertiary/aromatic N) is 1. The van der Waals surface area contributed by atoms with Crippen molar-refractivity contribution in [1.82, 2.24) is 10.2 Å². The second-order valence-corrected chi connectivity index (χ2v) is 4.01. The molecule has 15 heavy (non-hydrogen) atoms. The predicted octanol–water partition coefficient (Wildman–Crippen LogP) is -0.816. The van der Waals surface area contributed by atoms with Gasteiger partial charge in [-0.3, -0.25) is 4.90 Å². The van der Waals surface area contributed by atoms with Gasteiger partial charge < -0.3 is 20.9 Å². The normalized spacial score (nSPS) is 36.8. The van der Waals surface area contributed by atoms with E-state index in [0.717, 1.165) is 19.3 Å². The van der Waals surface area contributed by atoms with Gasteiger partial charge in [-0.05, 0) is 19.3 Å². The maximum absolute atomic E-state index is 11.6. The number of aliphatic hydroxyl groups excluding tert-OH is 1. The number of urea groups is 1. The molecule has 2 aliphatic heterocycles. The topological polar surface area (TPSA) is 87.8 Å². The van der Waals surface area contributed by atoms with Crippen LogP contribution in [0.3, 0.4) is 0 Å². The van der Waals surface area contributed by atoms with Crippen LogP contribution in [-0.4, -0.2) is 47.7 Å². The molecule has 86 valence electrons. The minimum absolute atomic E-state index is 0.0193. The first-order valence-corrected chi connectivity index (χ1v) is 5.29. The molecule has 0 spiro atoms. The van der Waals surface area contributed by atoms with Crippen molar-refractivity contribution in [3.8, 4) is 0 Å². The molecule has 2 aliphatic rings. The van der Waals surface area contributed by atoms with Crippen LogP contribution in [0.2, 0.25) is 0 Å². The third-order valence-corrected chi connectivity index (χ3v) is 2.89. The molecule has 2 fully saturated rings. The molecule has 2 amide bonds. The quantitative estimate of drug-likeness (QED) is 0.562. The van der Waals surface area contributed by atoms with Crippen LogP contribution in [0.5, 0.6) is 0 Å². The van der Waals surface area contributed by atoms with Crippen LogP contribution in [0.25, 0.3) is 0 Å². The van der Waals surface area contributed by atoms with Crippen molar-refractivity contribution in [2.45, 2.75) is 37.8 Å². The molecular weight excluding hydrogens is 198 g/mol. The van der Waals surface area contributed by atoms with E-state index >= 15 is 0 Å². The van der Waals surface area contributed by atoms with Crippen molar-refractivity contribution in [2.75, 3.05) is 13.2 Å². The number of carbonyl (C=O) groups is 1. The van der Waals surface area contributed by atoms with Gasteiger partial charge in [0.2, 0.25) is 0 Å². The predicted molar refractivity (Wildman–Crippen MR) is 52.8 cm³/mol. The summed E-state index contributed by atoms with van der Waals surface area (Å²) < 4.78 is 5.53. The number of ether oxygens (including phenoxy) is 1. The van der Waals surface area contributed by atoms with Gasteiger partial charge in [-0.2, -0.15) is 0 Å². The summed E-state index contributed by atoms with van der Waals surface area (Å²) in [6, 6.07) is -0.169. The lowest BCUT2D eigenvalue weighted by Crippen LogP contribution is -2.58. The molecule has 0 saturated carbocycles. The van der Waals surface area contributed by atoms with E-state index in [9.17, 15) is 4.79 Å². The Kier molecular flexibility index (Phi) is 3.08. The Hall–Kier alpha value is -0.850. The number of carbonyl (C=O) groups excluding carboxylic acids is 1. The maximum atomic E-state index is 11.6. The molecule has 0 aliphatic carbocycles. The average molecular weight is 215 g/mol. The molecule has 6 nitrogen and oxygen atoms in total. The SMILES string of the molecule is NC1CCN(C2CC[C@@H](CO)O2)C(=O)N1. The van der Waals surface area contributed by atoms with Crippen molar-refractivity contribution in [3.05, 3.63) is 0 Å². The Morgan fingerprint density at radius 2 is 2.33 bits per heavy atom. The van der Waals surface area contributed by atoms with Crippen LogP contribution < -0.4 is 11.1 Å². The fourth-order valence-electron chi connectivity index (χ4n) is 2.02. The van der Waals surface area contributed by atoms with E-state index < -0.39 is 0 Å². The Balaban J connectivity index is 1.91. The van der Waals surface area contributed by atoms with Crippen molar-refractivity contribution < 1.29 is 14.6 Å². The van der Waals surface area contributed by atoms with Gasteiger partial charge in [-0.15, -0.1) is 0 Å². The summed E-state index contributed by atoms with van der Waals surface area (Å²) in [5.74, 6) is 0. The highest BCUT2D eigenvalue weighted by molar-refractivity contribution is 5.75. The molecule has 6 heteroatoms. The molecule has 0 aromatic heterocycles. The number of nitrogens with one attached hydrogen (secondary N) is 1. The summed E-state index contributed by atoms with van der Waals surface area (Å²) in [6.45, 7) is 0.640. The number of amides is 2. The van der Waals surface area contributed by atoms with E-state index in [0.29, 0.717) is 6.54 Å². The Morgan fingerprint density at radius 3 is 2.93 bits per heavy atom. The van der Waals surface area contributed by atoms with E-state index in [1.807, 2.05) is 0 Å². The van der Waals surface area contributed by atoms with E-state index in [2.05, 4.69) is 5.32 Å². The van der Waals surface area contributed by atoms with Crippen molar-refractivity contribution in [3.63, 3.8) is 0 Å². The van der Waals surface area contributed by atoms with Gasteiger partial charge in [-0.1, -0.05) is 0 Å². The van der Waals surface area contributed by atoms with Gasteiger partial charge in [0.1, 0.15) is 6.23 Å². The van der Waals surface area contributed by atoms with Gasteiger partial charge in [0.05, 0.1) is 18.9 Å². The fourth-order valence-corrected chi connectivity index (χ4v) is 2.02. The lowest BCUT2D eigenvalue weighted by molar-refractivity contribution is -0.0551. The zero-order valence-corrected chi connectivity index (χ0v) is 8.56. The summed E-state index contributed by atoms with van der Waals surface area (Å²) in [7, 11) is 0. The number of aliphatic hydroxyl groups is 1. The second kappa shape index (κ2) is 4.34. The van der Waals surface area contributed by atoms with E-state index in [1.165, 1.54) is 0 Å². The Bertz CT molecular complexity index is 249. The summed E-state index contributed by atoms with van der Waals surface area (Å²) in [5.41, 5.74) is 5.60. The van der Waals surface area contributed by atoms with Gasteiger partial charge in [0, 0.05) is 6.54 Å². The van der Waals surface area contributed by atoms with Crippen LogP contribution in [-0.2, 0) is 4.74 Å². The van der Waals surface area contributed by atoms with Crippen LogP contribution in [0.1, 0.15) is 19.3 Å².